The van der Waals surface area contributed by atoms with Gasteiger partial charge in [0.2, 0.25) is 11.9 Å². The van der Waals surface area contributed by atoms with E-state index in [-0.39, 0.29) is 12.0 Å². The first kappa shape index (κ1) is 23.0. The van der Waals surface area contributed by atoms with Gasteiger partial charge in [0.25, 0.3) is 0 Å². The highest BCUT2D eigenvalue weighted by molar-refractivity contribution is 5.84. The number of carbonyl (C=O) groups is 1. The maximum Gasteiger partial charge on any atom is 0.225 e. The van der Waals surface area contributed by atoms with Crippen LogP contribution in [0, 0.1) is 12.8 Å². The zero-order valence-electron chi connectivity index (χ0n) is 21.4. The highest BCUT2D eigenvalue weighted by Crippen LogP contribution is 2.36. The summed E-state index contributed by atoms with van der Waals surface area (Å²) in [6, 6.07) is 14.2. The van der Waals surface area contributed by atoms with Gasteiger partial charge in [0.15, 0.2) is 11.5 Å². The van der Waals surface area contributed by atoms with E-state index in [1.165, 1.54) is 0 Å². The minimum absolute atomic E-state index is 0.126. The molecule has 2 aromatic heterocycles. The molecular formula is C29H30N6O3. The number of benzene rings is 2. The van der Waals surface area contributed by atoms with E-state index in [1.807, 2.05) is 35.2 Å². The molecule has 0 spiro atoms. The molecule has 1 saturated heterocycles. The van der Waals surface area contributed by atoms with Crippen molar-refractivity contribution in [2.75, 3.05) is 31.6 Å². The lowest BCUT2D eigenvalue weighted by atomic mass is 10.1. The Hall–Kier alpha value is -4.14. The lowest BCUT2D eigenvalue weighted by molar-refractivity contribution is -0.133. The van der Waals surface area contributed by atoms with Gasteiger partial charge in [-0.25, -0.2) is 9.97 Å². The third-order valence-corrected chi connectivity index (χ3v) is 7.47. The normalized spacial score (nSPS) is 19.0. The fraction of sp³-hybridized carbons (Fsp3) is 0.379. The molecule has 38 heavy (non-hydrogen) atoms. The van der Waals surface area contributed by atoms with E-state index in [4.69, 9.17) is 19.4 Å². The first-order chi connectivity index (χ1) is 18.6. The average Bonchev–Trinajstić information content (AvgIpc) is 3.73. The Morgan fingerprint density at radius 1 is 1.00 bits per heavy atom. The number of hydrogen-bond acceptors (Lipinski definition) is 7. The molecule has 7 rings (SSSR count). The number of nitrogens with zero attached hydrogens (tertiary/aromatic N) is 5. The van der Waals surface area contributed by atoms with Gasteiger partial charge in [0, 0.05) is 36.8 Å². The highest BCUT2D eigenvalue weighted by atomic mass is 16.6. The smallest absolute Gasteiger partial charge is 0.225 e. The Bertz CT molecular complexity index is 1530. The van der Waals surface area contributed by atoms with E-state index >= 15 is 0 Å². The minimum Gasteiger partial charge on any atom is -0.486 e. The summed E-state index contributed by atoms with van der Waals surface area (Å²) in [4.78, 5) is 29.1. The van der Waals surface area contributed by atoms with Crippen molar-refractivity contribution in [2.24, 2.45) is 5.92 Å². The van der Waals surface area contributed by atoms with Crippen molar-refractivity contribution in [3.63, 3.8) is 0 Å². The zero-order chi connectivity index (χ0) is 25.6. The van der Waals surface area contributed by atoms with Crippen LogP contribution in [-0.4, -0.2) is 62.7 Å². The van der Waals surface area contributed by atoms with Gasteiger partial charge in [0.1, 0.15) is 24.9 Å². The number of carbonyl (C=O) groups excluding carboxylic acids is 1. The fourth-order valence-electron chi connectivity index (χ4n) is 5.40. The summed E-state index contributed by atoms with van der Waals surface area (Å²) in [5.74, 6) is 4.05. The molecule has 9 nitrogen and oxygen atoms in total. The van der Waals surface area contributed by atoms with Crippen molar-refractivity contribution < 1.29 is 14.3 Å². The largest absolute Gasteiger partial charge is 0.486 e. The number of aryl methyl sites for hydroxylation is 1. The molecule has 2 aliphatic heterocycles. The van der Waals surface area contributed by atoms with Crippen molar-refractivity contribution in [3.05, 3.63) is 54.2 Å². The predicted molar refractivity (Wildman–Crippen MR) is 144 cm³/mol. The van der Waals surface area contributed by atoms with Crippen LogP contribution < -0.4 is 14.8 Å². The van der Waals surface area contributed by atoms with Gasteiger partial charge in [-0.1, -0.05) is 6.07 Å². The number of hydrogen-bond donors (Lipinski definition) is 1. The van der Waals surface area contributed by atoms with Crippen LogP contribution in [0.4, 0.5) is 5.95 Å². The van der Waals surface area contributed by atoms with Crippen molar-refractivity contribution in [1.29, 1.82) is 0 Å². The molecule has 2 fully saturated rings. The highest BCUT2D eigenvalue weighted by Gasteiger charge is 2.35. The van der Waals surface area contributed by atoms with E-state index in [0.717, 1.165) is 77.5 Å². The van der Waals surface area contributed by atoms with Gasteiger partial charge >= 0.3 is 0 Å². The number of fused-ring (bicyclic) bond motifs is 2. The molecule has 4 heterocycles. The van der Waals surface area contributed by atoms with Crippen LogP contribution in [0.5, 0.6) is 11.5 Å². The monoisotopic (exact) mass is 510 g/mol. The third-order valence-electron chi connectivity index (χ3n) is 7.47. The number of ether oxygens (including phenoxy) is 2. The predicted octanol–water partition coefficient (Wildman–Crippen LogP) is 4.38. The standard InChI is InChI=1S/C29H30N6O3/c1-18-4-8-22-23(15-18)35(27(32-22)20-7-9-24-25(16-20)38-14-13-37-24)26-10-11-30-29(33-26)31-21-3-2-12-34(17-21)28(36)19-5-6-19/h4,7-11,15-16,19,21H,2-3,5-6,12-14,17H2,1H3,(H,30,31,33)/t21-/m0/s1. The van der Waals surface area contributed by atoms with E-state index in [1.54, 1.807) is 6.20 Å². The summed E-state index contributed by atoms with van der Waals surface area (Å²) in [6.45, 7) is 4.68. The van der Waals surface area contributed by atoms with Crippen molar-refractivity contribution in [2.45, 2.75) is 38.6 Å². The van der Waals surface area contributed by atoms with Crippen LogP contribution in [-0.2, 0) is 4.79 Å². The number of anilines is 1. The van der Waals surface area contributed by atoms with Crippen LogP contribution >= 0.6 is 0 Å². The Labute approximate surface area is 220 Å². The molecule has 1 saturated carbocycles. The second-order valence-corrected chi connectivity index (χ2v) is 10.4. The number of amides is 1. The molecule has 1 aliphatic carbocycles. The van der Waals surface area contributed by atoms with E-state index in [2.05, 4.69) is 33.9 Å². The molecule has 0 bridgehead atoms. The number of likely N-dealkylation sites (tertiary alicyclic amines) is 1. The Morgan fingerprint density at radius 3 is 2.74 bits per heavy atom. The maximum atomic E-state index is 12.6. The molecule has 0 radical (unpaired) electrons. The molecule has 0 unspecified atom stereocenters. The second kappa shape index (κ2) is 9.31. The molecule has 194 valence electrons. The maximum absolute atomic E-state index is 12.6. The van der Waals surface area contributed by atoms with E-state index in [0.29, 0.717) is 31.6 Å². The summed E-state index contributed by atoms with van der Waals surface area (Å²) < 4.78 is 13.6. The SMILES string of the molecule is Cc1ccc2nc(-c3ccc4c(c3)OCCO4)n(-c3ccnc(N[C@H]4CCCN(C(=O)C5CC5)C4)n3)c2c1. The molecule has 1 atom stereocenters. The molecule has 2 aromatic carbocycles. The van der Waals surface area contributed by atoms with Crippen LogP contribution in [0.3, 0.4) is 0 Å². The van der Waals surface area contributed by atoms with Gasteiger partial charge in [0.05, 0.1) is 11.0 Å². The van der Waals surface area contributed by atoms with Gasteiger partial charge in [-0.2, -0.15) is 4.98 Å². The number of imidazole rings is 1. The van der Waals surface area contributed by atoms with Crippen molar-refractivity contribution >= 4 is 22.9 Å². The van der Waals surface area contributed by atoms with Gasteiger partial charge in [-0.15, -0.1) is 0 Å². The van der Waals surface area contributed by atoms with Gasteiger partial charge < -0.3 is 19.7 Å². The summed E-state index contributed by atoms with van der Waals surface area (Å²) in [6.07, 6.45) is 5.80. The number of nitrogens with one attached hydrogen (secondary N) is 1. The number of piperidine rings is 1. The Balaban J connectivity index is 1.24. The van der Waals surface area contributed by atoms with Gasteiger partial charge in [-0.3, -0.25) is 9.36 Å². The summed E-state index contributed by atoms with van der Waals surface area (Å²) in [7, 11) is 0. The Kier molecular flexibility index (Phi) is 5.64. The molecule has 1 N–H and O–H groups in total. The van der Waals surface area contributed by atoms with E-state index in [9.17, 15) is 4.79 Å². The number of aromatic nitrogens is 4. The first-order valence-electron chi connectivity index (χ1n) is 13.4. The number of rotatable bonds is 5. The second-order valence-electron chi connectivity index (χ2n) is 10.4. The van der Waals surface area contributed by atoms with Crippen LogP contribution in [0.15, 0.2) is 48.7 Å². The minimum atomic E-state index is 0.126. The summed E-state index contributed by atoms with van der Waals surface area (Å²) in [5.41, 5.74) is 3.91. The average molecular weight is 511 g/mol. The molecule has 4 aromatic rings. The van der Waals surface area contributed by atoms with Crippen LogP contribution in [0.1, 0.15) is 31.2 Å². The molecular weight excluding hydrogens is 480 g/mol. The summed E-state index contributed by atoms with van der Waals surface area (Å²) >= 11 is 0. The van der Waals surface area contributed by atoms with Crippen LogP contribution in [0.25, 0.3) is 28.2 Å². The Morgan fingerprint density at radius 2 is 1.87 bits per heavy atom. The third kappa shape index (κ3) is 4.31. The molecule has 9 heteroatoms. The first-order valence-corrected chi connectivity index (χ1v) is 13.4. The quantitative estimate of drug-likeness (QED) is 0.426. The lowest BCUT2D eigenvalue weighted by Crippen LogP contribution is -2.45. The van der Waals surface area contributed by atoms with Crippen molar-refractivity contribution in [1.82, 2.24) is 24.4 Å². The zero-order valence-corrected chi connectivity index (χ0v) is 21.4. The lowest BCUT2D eigenvalue weighted by Gasteiger charge is -2.33. The molecule has 3 aliphatic rings. The topological polar surface area (TPSA) is 94.4 Å². The summed E-state index contributed by atoms with van der Waals surface area (Å²) in [5, 5.41) is 3.50. The fourth-order valence-corrected chi connectivity index (χ4v) is 5.40. The molecule has 1 amide bonds. The van der Waals surface area contributed by atoms with Crippen molar-refractivity contribution in [3.8, 4) is 28.7 Å². The van der Waals surface area contributed by atoms with Crippen LogP contribution in [0.2, 0.25) is 0 Å². The van der Waals surface area contributed by atoms with Gasteiger partial charge in [-0.05, 0) is 74.6 Å². The van der Waals surface area contributed by atoms with E-state index < -0.39 is 0 Å².